The minimum Gasteiger partial charge on any atom is -0.465 e. The molecule has 0 spiro atoms. The van der Waals surface area contributed by atoms with Gasteiger partial charge in [0, 0.05) is 5.92 Å². The number of hydrogen-bond acceptors (Lipinski definition) is 6. The minimum atomic E-state index is -3.99. The molecule has 6 nitrogen and oxygen atoms in total. The van der Waals surface area contributed by atoms with Crippen LogP contribution in [0.3, 0.4) is 0 Å². The summed E-state index contributed by atoms with van der Waals surface area (Å²) < 4.78 is 39.7. The molecule has 0 aliphatic carbocycles. The summed E-state index contributed by atoms with van der Waals surface area (Å²) in [7, 11) is -2.79. The molecule has 112 valence electrons. The molecule has 1 aliphatic heterocycles. The van der Waals surface area contributed by atoms with E-state index < -0.39 is 22.2 Å². The van der Waals surface area contributed by atoms with Crippen molar-refractivity contribution in [3.05, 3.63) is 17.1 Å². The number of carbonyl (C=O) groups excluding carboxylic acids is 1. The maximum atomic E-state index is 12.2. The Hall–Kier alpha value is -1.34. The molecule has 0 radical (unpaired) electrons. The van der Waals surface area contributed by atoms with Crippen LogP contribution in [-0.4, -0.2) is 21.5 Å². The summed E-state index contributed by atoms with van der Waals surface area (Å²) in [5.74, 6) is -0.445. The van der Waals surface area contributed by atoms with E-state index in [9.17, 15) is 13.2 Å². The third-order valence-electron chi connectivity index (χ3n) is 3.18. The maximum Gasteiger partial charge on any atom is 0.342 e. The van der Waals surface area contributed by atoms with Crippen molar-refractivity contribution in [3.8, 4) is 0 Å². The molecule has 1 aromatic rings. The molecule has 0 fully saturated rings. The Kier molecular flexibility index (Phi) is 3.68. The van der Waals surface area contributed by atoms with Gasteiger partial charge in [-0.25, -0.2) is 4.79 Å². The Morgan fingerprint density at radius 1 is 1.25 bits per heavy atom. The summed E-state index contributed by atoms with van der Waals surface area (Å²) in [4.78, 5) is 11.7. The van der Waals surface area contributed by atoms with Gasteiger partial charge in [0.1, 0.15) is 17.4 Å². The monoisotopic (exact) mass is 302 g/mol. The van der Waals surface area contributed by atoms with Gasteiger partial charge in [-0.2, -0.15) is 8.42 Å². The average Bonchev–Trinajstić information content (AvgIpc) is 2.85. The van der Waals surface area contributed by atoms with Gasteiger partial charge in [0.15, 0.2) is 10.7 Å². The molecule has 0 aromatic carbocycles. The highest BCUT2D eigenvalue weighted by Crippen LogP contribution is 2.46. The molecular weight excluding hydrogens is 284 g/mol. The number of ether oxygens (including phenoxy) is 1. The van der Waals surface area contributed by atoms with Crippen molar-refractivity contribution in [1.82, 2.24) is 0 Å². The molecule has 7 heteroatoms. The second-order valence-electron chi connectivity index (χ2n) is 5.40. The number of rotatable bonds is 3. The van der Waals surface area contributed by atoms with Crippen molar-refractivity contribution in [2.45, 2.75) is 44.6 Å². The molecule has 1 unspecified atom stereocenters. The van der Waals surface area contributed by atoms with E-state index in [0.29, 0.717) is 5.76 Å². The summed E-state index contributed by atoms with van der Waals surface area (Å²) in [6, 6.07) is 0. The number of furan rings is 1. The minimum absolute atomic E-state index is 0.0411. The van der Waals surface area contributed by atoms with Crippen LogP contribution in [-0.2, 0) is 19.0 Å². The van der Waals surface area contributed by atoms with Crippen molar-refractivity contribution < 1.29 is 26.5 Å². The normalized spacial score (nSPS) is 20.4. The lowest BCUT2D eigenvalue weighted by Gasteiger charge is -2.12. The second-order valence-corrected chi connectivity index (χ2v) is 6.90. The van der Waals surface area contributed by atoms with Crippen LogP contribution in [0.4, 0.5) is 0 Å². The maximum absolute atomic E-state index is 12.2. The van der Waals surface area contributed by atoms with E-state index in [4.69, 9.17) is 8.60 Å². The van der Waals surface area contributed by atoms with E-state index in [0.717, 1.165) is 0 Å². The van der Waals surface area contributed by atoms with Gasteiger partial charge in [0.05, 0.1) is 7.11 Å². The fourth-order valence-electron chi connectivity index (χ4n) is 2.23. The van der Waals surface area contributed by atoms with Gasteiger partial charge in [-0.3, -0.25) is 4.18 Å². The highest BCUT2D eigenvalue weighted by atomic mass is 32.2. The van der Waals surface area contributed by atoms with Crippen molar-refractivity contribution >= 4 is 16.1 Å². The molecule has 0 saturated heterocycles. The zero-order valence-electron chi connectivity index (χ0n) is 12.1. The van der Waals surface area contributed by atoms with E-state index in [1.165, 1.54) is 7.11 Å². The Bertz CT molecular complexity index is 638. The molecule has 20 heavy (non-hydrogen) atoms. The van der Waals surface area contributed by atoms with Crippen molar-refractivity contribution in [1.29, 1.82) is 0 Å². The SMILES string of the molecule is COC(=O)c1c(C(C)C)oc2c1S(=O)(=O)OC2C(C)C. The Morgan fingerprint density at radius 2 is 1.85 bits per heavy atom. The first kappa shape index (κ1) is 15.1. The van der Waals surface area contributed by atoms with Gasteiger partial charge in [0.25, 0.3) is 0 Å². The number of esters is 1. The molecule has 1 aliphatic rings. The van der Waals surface area contributed by atoms with Crippen LogP contribution in [0.25, 0.3) is 0 Å². The molecule has 0 bridgehead atoms. The smallest absolute Gasteiger partial charge is 0.342 e. The second kappa shape index (κ2) is 4.89. The van der Waals surface area contributed by atoms with Crippen molar-refractivity contribution in [2.75, 3.05) is 7.11 Å². The first-order valence-corrected chi connectivity index (χ1v) is 7.79. The molecule has 0 amide bonds. The number of methoxy groups -OCH3 is 1. The molecule has 1 aromatic heterocycles. The van der Waals surface area contributed by atoms with Crippen LogP contribution in [0.2, 0.25) is 0 Å². The van der Waals surface area contributed by atoms with E-state index in [1.54, 1.807) is 0 Å². The Labute approximate surface area is 118 Å². The van der Waals surface area contributed by atoms with Crippen molar-refractivity contribution in [3.63, 3.8) is 0 Å². The van der Waals surface area contributed by atoms with Gasteiger partial charge in [-0.05, 0) is 5.92 Å². The van der Waals surface area contributed by atoms with E-state index in [2.05, 4.69) is 4.74 Å². The van der Waals surface area contributed by atoms with Crippen LogP contribution >= 0.6 is 0 Å². The molecule has 0 N–H and O–H groups in total. The average molecular weight is 302 g/mol. The summed E-state index contributed by atoms with van der Waals surface area (Å²) in [6.07, 6.45) is -0.703. The number of hydrogen-bond donors (Lipinski definition) is 0. The van der Waals surface area contributed by atoms with Gasteiger partial charge < -0.3 is 9.15 Å². The summed E-state index contributed by atoms with van der Waals surface area (Å²) >= 11 is 0. The first-order chi connectivity index (χ1) is 9.20. The highest BCUT2D eigenvalue weighted by molar-refractivity contribution is 7.87. The van der Waals surface area contributed by atoms with Gasteiger partial charge in [0.2, 0.25) is 0 Å². The molecule has 2 heterocycles. The van der Waals surface area contributed by atoms with Gasteiger partial charge in [-0.1, -0.05) is 27.7 Å². The third kappa shape index (κ3) is 2.14. The van der Waals surface area contributed by atoms with Crippen LogP contribution in [0, 0.1) is 5.92 Å². The summed E-state index contributed by atoms with van der Waals surface area (Å²) in [5, 5.41) is 0. The topological polar surface area (TPSA) is 82.8 Å². The van der Waals surface area contributed by atoms with Gasteiger partial charge >= 0.3 is 16.1 Å². The summed E-state index contributed by atoms with van der Waals surface area (Å²) in [6.45, 7) is 7.28. The predicted octanol–water partition coefficient (Wildman–Crippen LogP) is 2.61. The molecule has 0 saturated carbocycles. The quantitative estimate of drug-likeness (QED) is 0.630. The molecular formula is C13H18O6S. The lowest BCUT2D eigenvalue weighted by Crippen LogP contribution is -2.11. The molecule has 2 rings (SSSR count). The standard InChI is InChI=1S/C13H18O6S/c1-6(2)9-8(13(14)17-5)12-11(18-9)10(7(3)4)19-20(12,15)16/h6-7,10H,1-5H3. The van der Waals surface area contributed by atoms with Crippen LogP contribution in [0.1, 0.15) is 61.6 Å². The molecule has 1 atom stereocenters. The highest BCUT2D eigenvalue weighted by Gasteiger charge is 2.47. The summed E-state index contributed by atoms with van der Waals surface area (Å²) in [5.41, 5.74) is -0.0411. The number of carbonyl (C=O) groups is 1. The predicted molar refractivity (Wildman–Crippen MR) is 70.0 cm³/mol. The lowest BCUT2D eigenvalue weighted by molar-refractivity contribution is 0.0593. The van der Waals surface area contributed by atoms with Crippen molar-refractivity contribution in [2.24, 2.45) is 5.92 Å². The van der Waals surface area contributed by atoms with Crippen LogP contribution in [0.5, 0.6) is 0 Å². The fourth-order valence-corrected chi connectivity index (χ4v) is 3.75. The Morgan fingerprint density at radius 3 is 2.30 bits per heavy atom. The van der Waals surface area contributed by atoms with Crippen LogP contribution < -0.4 is 0 Å². The fraction of sp³-hybridized carbons (Fsp3) is 0.615. The zero-order valence-corrected chi connectivity index (χ0v) is 12.9. The number of fused-ring (bicyclic) bond motifs is 1. The van der Waals surface area contributed by atoms with Crippen LogP contribution in [0.15, 0.2) is 9.31 Å². The van der Waals surface area contributed by atoms with E-state index in [-0.39, 0.29) is 28.1 Å². The Balaban J connectivity index is 2.76. The first-order valence-electron chi connectivity index (χ1n) is 6.38. The largest absolute Gasteiger partial charge is 0.465 e. The van der Waals surface area contributed by atoms with Gasteiger partial charge in [-0.15, -0.1) is 0 Å². The zero-order chi connectivity index (χ0) is 15.2. The third-order valence-corrected chi connectivity index (χ3v) is 4.54. The van der Waals surface area contributed by atoms with E-state index in [1.807, 2.05) is 27.7 Å². The van der Waals surface area contributed by atoms with E-state index >= 15 is 0 Å². The lowest BCUT2D eigenvalue weighted by atomic mass is 10.0.